The molecular formula is C18H24N4OS. The van der Waals surface area contributed by atoms with E-state index in [1.165, 1.54) is 25.7 Å². The fraction of sp³-hybridized carbons (Fsp3) is 0.611. The number of aromatic nitrogens is 3. The van der Waals surface area contributed by atoms with Crippen LogP contribution >= 0.6 is 11.3 Å². The van der Waals surface area contributed by atoms with E-state index in [0.29, 0.717) is 12.0 Å². The average molecular weight is 344 g/mol. The van der Waals surface area contributed by atoms with E-state index in [0.717, 1.165) is 34.8 Å². The van der Waals surface area contributed by atoms with E-state index in [4.69, 9.17) is 4.98 Å². The molecule has 128 valence electrons. The number of nitrogens with zero attached hydrogens (tertiary/aromatic N) is 3. The van der Waals surface area contributed by atoms with Gasteiger partial charge in [-0.25, -0.2) is 9.97 Å². The van der Waals surface area contributed by atoms with Crippen molar-refractivity contribution in [2.75, 3.05) is 0 Å². The Labute approximate surface area is 146 Å². The van der Waals surface area contributed by atoms with E-state index in [1.807, 2.05) is 19.4 Å². The van der Waals surface area contributed by atoms with Gasteiger partial charge in [-0.15, -0.1) is 11.3 Å². The van der Waals surface area contributed by atoms with Gasteiger partial charge in [0.25, 0.3) is 5.91 Å². The minimum atomic E-state index is 0.0475. The first kappa shape index (κ1) is 15.8. The summed E-state index contributed by atoms with van der Waals surface area (Å²) in [6.07, 6.45) is 13.9. The normalized spacial score (nSPS) is 24.5. The molecule has 2 atom stereocenters. The zero-order chi connectivity index (χ0) is 16.5. The van der Waals surface area contributed by atoms with Gasteiger partial charge in [-0.2, -0.15) is 0 Å². The summed E-state index contributed by atoms with van der Waals surface area (Å²) in [4.78, 5) is 22.4. The zero-order valence-corrected chi connectivity index (χ0v) is 14.9. The van der Waals surface area contributed by atoms with Gasteiger partial charge in [-0.3, -0.25) is 4.79 Å². The molecule has 2 heterocycles. The van der Waals surface area contributed by atoms with Crippen molar-refractivity contribution < 1.29 is 4.79 Å². The molecule has 2 aliphatic carbocycles. The summed E-state index contributed by atoms with van der Waals surface area (Å²) >= 11 is 1.60. The number of rotatable bonds is 4. The number of carbonyl (C=O) groups excluding carboxylic acids is 1. The van der Waals surface area contributed by atoms with Crippen molar-refractivity contribution in [3.05, 3.63) is 34.3 Å². The van der Waals surface area contributed by atoms with Crippen molar-refractivity contribution in [2.45, 2.75) is 69.9 Å². The van der Waals surface area contributed by atoms with Crippen LogP contribution in [0.5, 0.6) is 0 Å². The fourth-order valence-electron chi connectivity index (χ4n) is 4.14. The number of carbonyl (C=O) groups is 1. The second-order valence-corrected chi connectivity index (χ2v) is 8.07. The van der Waals surface area contributed by atoms with Crippen molar-refractivity contribution in [3.8, 4) is 0 Å². The van der Waals surface area contributed by atoms with Crippen molar-refractivity contribution in [1.82, 2.24) is 19.9 Å². The quantitative estimate of drug-likeness (QED) is 0.917. The molecule has 0 radical (unpaired) electrons. The molecule has 2 aromatic rings. The number of aryl methyl sites for hydroxylation is 1. The van der Waals surface area contributed by atoms with Gasteiger partial charge in [0.05, 0.1) is 23.1 Å². The third-order valence-corrected chi connectivity index (χ3v) is 6.75. The predicted octanol–water partition coefficient (Wildman–Crippen LogP) is 3.83. The molecule has 24 heavy (non-hydrogen) atoms. The molecule has 5 nitrogen and oxygen atoms in total. The van der Waals surface area contributed by atoms with Gasteiger partial charge in [-0.1, -0.05) is 12.8 Å². The van der Waals surface area contributed by atoms with Crippen LogP contribution in [0.1, 0.15) is 77.3 Å². The Kier molecular flexibility index (Phi) is 4.39. The molecule has 4 rings (SSSR count). The lowest BCUT2D eigenvalue weighted by atomic mass is 10.1. The molecule has 2 aromatic heterocycles. The highest BCUT2D eigenvalue weighted by Crippen LogP contribution is 2.37. The van der Waals surface area contributed by atoms with Crippen molar-refractivity contribution in [3.63, 3.8) is 0 Å². The molecule has 1 N–H and O–H groups in total. The maximum atomic E-state index is 12.8. The molecule has 6 heteroatoms. The van der Waals surface area contributed by atoms with Crippen LogP contribution in [-0.4, -0.2) is 26.5 Å². The molecule has 2 aliphatic rings. The van der Waals surface area contributed by atoms with E-state index in [9.17, 15) is 4.79 Å². The first-order chi connectivity index (χ1) is 11.7. The highest BCUT2D eigenvalue weighted by molar-refractivity contribution is 7.13. The van der Waals surface area contributed by atoms with Crippen LogP contribution in [0.4, 0.5) is 0 Å². The fourth-order valence-corrected chi connectivity index (χ4v) is 5.28. The van der Waals surface area contributed by atoms with E-state index in [2.05, 4.69) is 14.9 Å². The highest BCUT2D eigenvalue weighted by Gasteiger charge is 2.31. The second-order valence-electron chi connectivity index (χ2n) is 7.04. The Balaban J connectivity index is 1.48. The van der Waals surface area contributed by atoms with Crippen LogP contribution in [0, 0.1) is 6.92 Å². The van der Waals surface area contributed by atoms with Gasteiger partial charge in [0.1, 0.15) is 4.88 Å². The summed E-state index contributed by atoms with van der Waals surface area (Å²) in [5, 5.41) is 4.42. The molecule has 0 unspecified atom stereocenters. The third-order valence-electron chi connectivity index (χ3n) is 5.43. The molecule has 2 saturated carbocycles. The topological polar surface area (TPSA) is 59.8 Å². The number of imidazole rings is 1. The summed E-state index contributed by atoms with van der Waals surface area (Å²) in [7, 11) is 0. The Morgan fingerprint density at radius 3 is 2.83 bits per heavy atom. The van der Waals surface area contributed by atoms with Gasteiger partial charge >= 0.3 is 0 Å². The molecule has 2 fully saturated rings. The molecular weight excluding hydrogens is 320 g/mol. The Bertz CT molecular complexity index is 703. The van der Waals surface area contributed by atoms with Crippen LogP contribution in [-0.2, 0) is 0 Å². The summed E-state index contributed by atoms with van der Waals surface area (Å²) in [5.41, 5.74) is 0.886. The standard InChI is InChI=1S/C18H24N4OS/c1-12-16(24-18(20-12)13-5-2-3-6-13)17(23)21-14-7-4-8-15(14)22-10-9-19-11-22/h9-11,13-15H,2-8H2,1H3,(H,21,23)/t14-,15+/m0/s1. The second kappa shape index (κ2) is 6.67. The summed E-state index contributed by atoms with van der Waals surface area (Å²) in [6.45, 7) is 1.96. The van der Waals surface area contributed by atoms with Crippen molar-refractivity contribution in [1.29, 1.82) is 0 Å². The lowest BCUT2D eigenvalue weighted by Gasteiger charge is -2.21. The highest BCUT2D eigenvalue weighted by atomic mass is 32.1. The maximum Gasteiger partial charge on any atom is 0.263 e. The Morgan fingerprint density at radius 2 is 2.08 bits per heavy atom. The van der Waals surface area contributed by atoms with E-state index in [-0.39, 0.29) is 11.9 Å². The number of hydrogen-bond donors (Lipinski definition) is 1. The molecule has 0 saturated heterocycles. The number of nitrogens with one attached hydrogen (secondary N) is 1. The number of thiazole rings is 1. The minimum Gasteiger partial charge on any atom is -0.346 e. The third kappa shape index (κ3) is 2.99. The van der Waals surface area contributed by atoms with Gasteiger partial charge < -0.3 is 9.88 Å². The zero-order valence-electron chi connectivity index (χ0n) is 14.1. The number of amides is 1. The average Bonchev–Trinajstić information content (AvgIpc) is 3.34. The van der Waals surface area contributed by atoms with Crippen LogP contribution < -0.4 is 5.32 Å². The van der Waals surface area contributed by atoms with Crippen LogP contribution in [0.15, 0.2) is 18.7 Å². The Morgan fingerprint density at radius 1 is 1.25 bits per heavy atom. The summed E-state index contributed by atoms with van der Waals surface area (Å²) in [6, 6.07) is 0.502. The first-order valence-electron chi connectivity index (χ1n) is 8.98. The minimum absolute atomic E-state index is 0.0475. The van der Waals surface area contributed by atoms with Crippen molar-refractivity contribution >= 4 is 17.2 Å². The van der Waals surface area contributed by atoms with Crippen LogP contribution in [0.3, 0.4) is 0 Å². The smallest absolute Gasteiger partial charge is 0.263 e. The molecule has 0 bridgehead atoms. The van der Waals surface area contributed by atoms with Crippen LogP contribution in [0.2, 0.25) is 0 Å². The molecule has 0 spiro atoms. The predicted molar refractivity (Wildman–Crippen MR) is 94.4 cm³/mol. The van der Waals surface area contributed by atoms with E-state index >= 15 is 0 Å². The van der Waals surface area contributed by atoms with Gasteiger partial charge in [-0.05, 0) is 39.0 Å². The van der Waals surface area contributed by atoms with E-state index in [1.54, 1.807) is 17.5 Å². The maximum absolute atomic E-state index is 12.8. The molecule has 0 aliphatic heterocycles. The Hall–Kier alpha value is -1.69. The molecule has 0 aromatic carbocycles. The SMILES string of the molecule is Cc1nc(C2CCCC2)sc1C(=O)N[C@H]1CCC[C@H]1n1ccnc1. The van der Waals surface area contributed by atoms with Gasteiger partial charge in [0, 0.05) is 24.4 Å². The number of hydrogen-bond acceptors (Lipinski definition) is 4. The summed E-state index contributed by atoms with van der Waals surface area (Å²) in [5.74, 6) is 0.617. The monoisotopic (exact) mass is 344 g/mol. The van der Waals surface area contributed by atoms with Crippen LogP contribution in [0.25, 0.3) is 0 Å². The largest absolute Gasteiger partial charge is 0.346 e. The molecule has 1 amide bonds. The summed E-state index contributed by atoms with van der Waals surface area (Å²) < 4.78 is 2.13. The van der Waals surface area contributed by atoms with E-state index < -0.39 is 0 Å². The lowest BCUT2D eigenvalue weighted by molar-refractivity contribution is 0.0932. The van der Waals surface area contributed by atoms with Crippen molar-refractivity contribution in [2.24, 2.45) is 0 Å². The van der Waals surface area contributed by atoms with Gasteiger partial charge in [0.15, 0.2) is 0 Å². The van der Waals surface area contributed by atoms with Gasteiger partial charge in [0.2, 0.25) is 0 Å². The first-order valence-corrected chi connectivity index (χ1v) is 9.79. The lowest BCUT2D eigenvalue weighted by Crippen LogP contribution is -2.38.